The van der Waals surface area contributed by atoms with Crippen molar-refractivity contribution in [3.63, 3.8) is 0 Å². The van der Waals surface area contributed by atoms with Crippen LogP contribution in [-0.4, -0.2) is 24.8 Å². The molecule has 0 saturated heterocycles. The summed E-state index contributed by atoms with van der Waals surface area (Å²) in [4.78, 5) is 10.2. The summed E-state index contributed by atoms with van der Waals surface area (Å²) in [6.07, 6.45) is 2.09. The van der Waals surface area contributed by atoms with Gasteiger partial charge >= 0.3 is 0 Å². The molecular weight excluding hydrogens is 248 g/mol. The summed E-state index contributed by atoms with van der Waals surface area (Å²) in [5.41, 5.74) is 0.813. The van der Waals surface area contributed by atoms with Gasteiger partial charge < -0.3 is 9.67 Å². The van der Waals surface area contributed by atoms with E-state index in [4.69, 9.17) is 0 Å². The molecule has 0 radical (unpaired) electrons. The van der Waals surface area contributed by atoms with E-state index < -0.39 is 4.92 Å². The van der Waals surface area contributed by atoms with Gasteiger partial charge in [0.1, 0.15) is 6.61 Å². The smallest absolute Gasteiger partial charge is 0.269 e. The van der Waals surface area contributed by atoms with E-state index in [1.54, 1.807) is 12.1 Å². The Balaban J connectivity index is 2.01. The van der Waals surface area contributed by atoms with Gasteiger partial charge in [0.25, 0.3) is 5.69 Å². The maximum absolute atomic E-state index is 10.6. The van der Waals surface area contributed by atoms with Crippen LogP contribution in [0.5, 0.6) is 0 Å². The van der Waals surface area contributed by atoms with Crippen LogP contribution in [0.15, 0.2) is 24.3 Å². The zero-order valence-corrected chi connectivity index (χ0v) is 10.1. The third-order valence-corrected chi connectivity index (χ3v) is 3.16. The summed E-state index contributed by atoms with van der Waals surface area (Å²) >= 11 is 0. The van der Waals surface area contributed by atoms with Crippen LogP contribution < -0.4 is 0 Å². The molecule has 0 bridgehead atoms. The largest absolute Gasteiger partial charge is 0.388 e. The molecule has 2 aromatic rings. The highest BCUT2D eigenvalue weighted by molar-refractivity contribution is 5.58. The van der Waals surface area contributed by atoms with Crippen molar-refractivity contribution in [2.75, 3.05) is 0 Å². The number of nitro groups is 1. The Morgan fingerprint density at radius 1 is 1.32 bits per heavy atom. The van der Waals surface area contributed by atoms with Gasteiger partial charge in [0.15, 0.2) is 11.6 Å². The fourth-order valence-electron chi connectivity index (χ4n) is 2.08. The average Bonchev–Trinajstić information content (AvgIpc) is 3.17. The zero-order chi connectivity index (χ0) is 13.4. The van der Waals surface area contributed by atoms with Gasteiger partial charge in [0.05, 0.1) is 4.92 Å². The predicted molar refractivity (Wildman–Crippen MR) is 66.3 cm³/mol. The summed E-state index contributed by atoms with van der Waals surface area (Å²) in [5.74, 6) is 1.19. The third kappa shape index (κ3) is 2.08. The van der Waals surface area contributed by atoms with Crippen LogP contribution in [0.1, 0.15) is 24.7 Å². The summed E-state index contributed by atoms with van der Waals surface area (Å²) in [5, 5.41) is 27.9. The van der Waals surface area contributed by atoms with Gasteiger partial charge in [0, 0.05) is 23.7 Å². The molecule has 0 spiro atoms. The molecule has 1 saturated carbocycles. The lowest BCUT2D eigenvalue weighted by Gasteiger charge is -2.07. The van der Waals surface area contributed by atoms with Crippen LogP contribution in [0.25, 0.3) is 11.4 Å². The first kappa shape index (κ1) is 11.8. The fourth-order valence-corrected chi connectivity index (χ4v) is 2.08. The Hall–Kier alpha value is -2.28. The predicted octanol–water partition coefficient (Wildman–Crippen LogP) is 1.68. The fraction of sp³-hybridized carbons (Fsp3) is 0.333. The van der Waals surface area contributed by atoms with Crippen LogP contribution in [0.4, 0.5) is 5.69 Å². The van der Waals surface area contributed by atoms with E-state index in [-0.39, 0.29) is 12.3 Å². The highest BCUT2D eigenvalue weighted by Gasteiger charge is 2.29. The molecule has 0 aliphatic heterocycles. The normalized spacial score (nSPS) is 14.6. The lowest BCUT2D eigenvalue weighted by molar-refractivity contribution is -0.384. The van der Waals surface area contributed by atoms with Crippen molar-refractivity contribution < 1.29 is 10.0 Å². The third-order valence-electron chi connectivity index (χ3n) is 3.16. The van der Waals surface area contributed by atoms with E-state index in [9.17, 15) is 15.2 Å². The molecule has 0 atom stereocenters. The molecule has 0 unspecified atom stereocenters. The molecule has 1 N–H and O–H groups in total. The van der Waals surface area contributed by atoms with Gasteiger partial charge in [-0.05, 0) is 25.0 Å². The quantitative estimate of drug-likeness (QED) is 0.666. The Morgan fingerprint density at radius 3 is 2.53 bits per heavy atom. The molecule has 1 aliphatic carbocycles. The molecule has 3 rings (SSSR count). The minimum absolute atomic E-state index is 0.0450. The number of hydrogen-bond donors (Lipinski definition) is 1. The summed E-state index contributed by atoms with van der Waals surface area (Å²) in [6, 6.07) is 6.53. The molecule has 19 heavy (non-hydrogen) atoms. The van der Waals surface area contributed by atoms with Gasteiger partial charge in [-0.3, -0.25) is 10.1 Å². The van der Waals surface area contributed by atoms with Crippen LogP contribution in [-0.2, 0) is 6.61 Å². The van der Waals surface area contributed by atoms with Crippen molar-refractivity contribution in [1.29, 1.82) is 0 Å². The monoisotopic (exact) mass is 260 g/mol. The molecule has 98 valence electrons. The van der Waals surface area contributed by atoms with Crippen molar-refractivity contribution in [3.05, 3.63) is 40.2 Å². The molecule has 0 amide bonds. The first-order valence-electron chi connectivity index (χ1n) is 6.00. The van der Waals surface area contributed by atoms with Gasteiger partial charge in [-0.1, -0.05) is 0 Å². The number of hydrogen-bond acceptors (Lipinski definition) is 5. The lowest BCUT2D eigenvalue weighted by atomic mass is 10.2. The maximum Gasteiger partial charge on any atom is 0.269 e. The van der Waals surface area contributed by atoms with E-state index in [2.05, 4.69) is 10.2 Å². The van der Waals surface area contributed by atoms with E-state index >= 15 is 0 Å². The van der Waals surface area contributed by atoms with Crippen molar-refractivity contribution in [1.82, 2.24) is 14.8 Å². The SMILES string of the molecule is O=[N+]([O-])c1ccc(-c2nnc(CO)n2C2CC2)cc1. The maximum atomic E-state index is 10.6. The zero-order valence-electron chi connectivity index (χ0n) is 10.1. The second kappa shape index (κ2) is 4.43. The van der Waals surface area contributed by atoms with Crippen molar-refractivity contribution in [2.45, 2.75) is 25.5 Å². The van der Waals surface area contributed by atoms with Crippen molar-refractivity contribution in [3.8, 4) is 11.4 Å². The number of benzene rings is 1. The molecule has 1 aromatic carbocycles. The van der Waals surface area contributed by atoms with Gasteiger partial charge in [0.2, 0.25) is 0 Å². The van der Waals surface area contributed by atoms with Crippen molar-refractivity contribution >= 4 is 5.69 Å². The van der Waals surface area contributed by atoms with Crippen LogP contribution in [0.2, 0.25) is 0 Å². The molecule has 1 aliphatic rings. The van der Waals surface area contributed by atoms with Crippen LogP contribution in [0, 0.1) is 10.1 Å². The highest BCUT2D eigenvalue weighted by atomic mass is 16.6. The minimum Gasteiger partial charge on any atom is -0.388 e. The number of nitrogens with zero attached hydrogens (tertiary/aromatic N) is 4. The number of aromatic nitrogens is 3. The van der Waals surface area contributed by atoms with E-state index in [1.165, 1.54) is 12.1 Å². The summed E-state index contributed by atoms with van der Waals surface area (Å²) < 4.78 is 1.92. The average molecular weight is 260 g/mol. The van der Waals surface area contributed by atoms with Crippen molar-refractivity contribution in [2.24, 2.45) is 0 Å². The van der Waals surface area contributed by atoms with Crippen LogP contribution in [0.3, 0.4) is 0 Å². The number of nitro benzene ring substituents is 1. The number of non-ortho nitro benzene ring substituents is 1. The molecule has 1 heterocycles. The van der Waals surface area contributed by atoms with Gasteiger partial charge in [-0.15, -0.1) is 10.2 Å². The topological polar surface area (TPSA) is 94.1 Å². The molecular formula is C12H12N4O3. The minimum atomic E-state index is -0.436. The first-order chi connectivity index (χ1) is 9.20. The number of aliphatic hydroxyl groups excluding tert-OH is 1. The molecule has 7 heteroatoms. The second-order valence-corrected chi connectivity index (χ2v) is 4.50. The van der Waals surface area contributed by atoms with E-state index in [1.807, 2.05) is 4.57 Å². The van der Waals surface area contributed by atoms with E-state index in [0.717, 1.165) is 18.4 Å². The molecule has 7 nitrogen and oxygen atoms in total. The van der Waals surface area contributed by atoms with E-state index in [0.29, 0.717) is 17.7 Å². The Kier molecular flexibility index (Phi) is 2.75. The first-order valence-corrected chi connectivity index (χ1v) is 6.00. The standard InChI is InChI=1S/C12H12N4O3/c17-7-11-13-14-12(15(11)9-5-6-9)8-1-3-10(4-2-8)16(18)19/h1-4,9,17H,5-7H2. The Morgan fingerprint density at radius 2 is 2.00 bits per heavy atom. The van der Waals surface area contributed by atoms with Gasteiger partial charge in [-0.25, -0.2) is 0 Å². The summed E-state index contributed by atoms with van der Waals surface area (Å²) in [6.45, 7) is -0.156. The van der Waals surface area contributed by atoms with Crippen LogP contribution >= 0.6 is 0 Å². The second-order valence-electron chi connectivity index (χ2n) is 4.50. The number of aliphatic hydroxyl groups is 1. The molecule has 1 aromatic heterocycles. The summed E-state index contributed by atoms with van der Waals surface area (Å²) in [7, 11) is 0. The highest BCUT2D eigenvalue weighted by Crippen LogP contribution is 2.39. The Labute approximate surface area is 108 Å². The Bertz CT molecular complexity index is 616. The number of rotatable bonds is 4. The van der Waals surface area contributed by atoms with Gasteiger partial charge in [-0.2, -0.15) is 0 Å². The lowest BCUT2D eigenvalue weighted by Crippen LogP contribution is -2.03. The molecule has 1 fully saturated rings.